The smallest absolute Gasteiger partial charge is 0.342 e. The zero-order valence-corrected chi connectivity index (χ0v) is 21.5. The van der Waals surface area contributed by atoms with Crippen molar-refractivity contribution in [1.29, 1.82) is 0 Å². The predicted octanol–water partition coefficient (Wildman–Crippen LogP) is 3.27. The van der Waals surface area contributed by atoms with Crippen LogP contribution in [0.25, 0.3) is 10.9 Å². The number of aliphatic hydroxyl groups excluding tert-OH is 1. The molecule has 0 saturated heterocycles. The van der Waals surface area contributed by atoms with Crippen LogP contribution >= 0.6 is 0 Å². The van der Waals surface area contributed by atoms with Gasteiger partial charge in [0.25, 0.3) is 5.91 Å². The Labute approximate surface area is 215 Å². The SMILES string of the molecule is CCOC(=O)c1c(C)nc2cccc(OC[C@H](C)NC(=O)c3ccc(OC)c(OCCCO)c3)c2c1N. The summed E-state index contributed by atoms with van der Waals surface area (Å²) in [4.78, 5) is 29.8. The molecule has 0 saturated carbocycles. The highest BCUT2D eigenvalue weighted by Crippen LogP contribution is 2.34. The number of hydrogen-bond acceptors (Lipinski definition) is 9. The van der Waals surface area contributed by atoms with Crippen molar-refractivity contribution in [2.75, 3.05) is 39.3 Å². The van der Waals surface area contributed by atoms with Crippen LogP contribution in [0.1, 0.15) is 46.7 Å². The van der Waals surface area contributed by atoms with Gasteiger partial charge in [-0.05, 0) is 51.1 Å². The Morgan fingerprint density at radius 3 is 2.62 bits per heavy atom. The molecule has 0 aliphatic rings. The topological polar surface area (TPSA) is 142 Å². The number of nitrogens with two attached hydrogens (primary N) is 1. The van der Waals surface area contributed by atoms with Crippen LogP contribution in [-0.2, 0) is 4.74 Å². The Bertz CT molecular complexity index is 1260. The molecule has 4 N–H and O–H groups in total. The van der Waals surface area contributed by atoms with Crippen molar-refractivity contribution in [1.82, 2.24) is 10.3 Å². The summed E-state index contributed by atoms with van der Waals surface area (Å²) in [5.74, 6) is 0.495. The molecule has 0 spiro atoms. The standard InChI is InChI=1S/C27H33N3O7/c1-5-35-27(33)23-17(3)30-19-8-6-9-21(24(19)25(23)28)37-15-16(2)29-26(32)18-10-11-20(34-4)22(14-18)36-13-7-12-31/h6,8-11,14,16,31H,5,7,12-13,15H2,1-4H3,(H2,28,30)(H,29,32)/t16-/m0/s1. The van der Waals surface area contributed by atoms with Crippen molar-refractivity contribution in [2.45, 2.75) is 33.2 Å². The van der Waals surface area contributed by atoms with Crippen molar-refractivity contribution in [3.63, 3.8) is 0 Å². The van der Waals surface area contributed by atoms with E-state index in [-0.39, 0.29) is 43.0 Å². The van der Waals surface area contributed by atoms with Crippen molar-refractivity contribution in [2.24, 2.45) is 0 Å². The van der Waals surface area contributed by atoms with Crippen molar-refractivity contribution in [3.8, 4) is 17.2 Å². The van der Waals surface area contributed by atoms with Gasteiger partial charge in [-0.25, -0.2) is 4.79 Å². The van der Waals surface area contributed by atoms with Crippen LogP contribution in [-0.4, -0.2) is 61.5 Å². The number of amides is 1. The number of aromatic nitrogens is 1. The molecule has 0 aliphatic heterocycles. The van der Waals surface area contributed by atoms with E-state index < -0.39 is 5.97 Å². The fraction of sp³-hybridized carbons (Fsp3) is 0.370. The van der Waals surface area contributed by atoms with Gasteiger partial charge in [0, 0.05) is 18.6 Å². The van der Waals surface area contributed by atoms with Gasteiger partial charge < -0.3 is 35.1 Å². The lowest BCUT2D eigenvalue weighted by molar-refractivity contribution is 0.0526. The first-order valence-electron chi connectivity index (χ1n) is 12.0. The number of esters is 1. The number of carbonyl (C=O) groups is 2. The van der Waals surface area contributed by atoms with E-state index in [9.17, 15) is 9.59 Å². The van der Waals surface area contributed by atoms with Crippen LogP contribution in [0, 0.1) is 6.92 Å². The second-order valence-electron chi connectivity index (χ2n) is 8.33. The lowest BCUT2D eigenvalue weighted by Gasteiger charge is -2.18. The summed E-state index contributed by atoms with van der Waals surface area (Å²) in [6.45, 7) is 5.89. The lowest BCUT2D eigenvalue weighted by Crippen LogP contribution is -2.36. The maximum Gasteiger partial charge on any atom is 0.342 e. The number of ether oxygens (including phenoxy) is 4. The first-order valence-corrected chi connectivity index (χ1v) is 12.0. The maximum atomic E-state index is 12.8. The molecule has 0 radical (unpaired) electrons. The van der Waals surface area contributed by atoms with Crippen LogP contribution in [0.2, 0.25) is 0 Å². The van der Waals surface area contributed by atoms with Gasteiger partial charge in [-0.2, -0.15) is 0 Å². The number of carbonyl (C=O) groups excluding carboxylic acids is 2. The minimum atomic E-state index is -0.540. The minimum Gasteiger partial charge on any atom is -0.493 e. The van der Waals surface area contributed by atoms with Crippen molar-refractivity contribution < 1.29 is 33.6 Å². The maximum absolute atomic E-state index is 12.8. The van der Waals surface area contributed by atoms with E-state index >= 15 is 0 Å². The van der Waals surface area contributed by atoms with E-state index in [1.165, 1.54) is 7.11 Å². The van der Waals surface area contributed by atoms with Crippen molar-refractivity contribution >= 4 is 28.5 Å². The second-order valence-corrected chi connectivity index (χ2v) is 8.33. The van der Waals surface area contributed by atoms with Gasteiger partial charge in [0.1, 0.15) is 17.9 Å². The Hall–Kier alpha value is -4.05. The number of hydrogen-bond donors (Lipinski definition) is 3. The molecule has 1 atom stereocenters. The molecule has 10 heteroatoms. The van der Waals surface area contributed by atoms with E-state index in [0.29, 0.717) is 52.4 Å². The number of nitrogens with one attached hydrogen (secondary N) is 1. The quantitative estimate of drug-likeness (QED) is 0.247. The number of nitrogen functional groups attached to an aromatic ring is 1. The summed E-state index contributed by atoms with van der Waals surface area (Å²) < 4.78 is 22.1. The Kier molecular flexibility index (Phi) is 9.51. The summed E-state index contributed by atoms with van der Waals surface area (Å²) in [6, 6.07) is 9.82. The Morgan fingerprint density at radius 1 is 1.14 bits per heavy atom. The molecule has 37 heavy (non-hydrogen) atoms. The van der Waals surface area contributed by atoms with E-state index in [1.807, 2.05) is 0 Å². The monoisotopic (exact) mass is 511 g/mol. The molecule has 0 aliphatic carbocycles. The van der Waals surface area contributed by atoms with Gasteiger partial charge in [-0.15, -0.1) is 0 Å². The summed E-state index contributed by atoms with van der Waals surface area (Å²) in [7, 11) is 1.51. The predicted molar refractivity (Wildman–Crippen MR) is 139 cm³/mol. The van der Waals surface area contributed by atoms with Crippen LogP contribution in [0.3, 0.4) is 0 Å². The van der Waals surface area contributed by atoms with Gasteiger partial charge >= 0.3 is 5.97 Å². The highest BCUT2D eigenvalue weighted by atomic mass is 16.5. The first kappa shape index (κ1) is 27.5. The van der Waals surface area contributed by atoms with E-state index in [2.05, 4.69) is 10.3 Å². The molecule has 1 aromatic heterocycles. The molecule has 1 heterocycles. The molecule has 198 valence electrons. The van der Waals surface area contributed by atoms with Gasteiger partial charge in [0.2, 0.25) is 0 Å². The zero-order valence-electron chi connectivity index (χ0n) is 21.5. The van der Waals surface area contributed by atoms with Crippen LogP contribution < -0.4 is 25.3 Å². The largest absolute Gasteiger partial charge is 0.493 e. The average Bonchev–Trinajstić information content (AvgIpc) is 2.87. The lowest BCUT2D eigenvalue weighted by atomic mass is 10.1. The number of fused-ring (bicyclic) bond motifs is 1. The molecular weight excluding hydrogens is 478 g/mol. The zero-order chi connectivity index (χ0) is 26.9. The molecule has 10 nitrogen and oxygen atoms in total. The molecular formula is C27H33N3O7. The molecule has 0 unspecified atom stereocenters. The molecule has 0 fully saturated rings. The molecule has 3 rings (SSSR count). The van der Waals surface area contributed by atoms with Crippen LogP contribution in [0.4, 0.5) is 5.69 Å². The number of rotatable bonds is 12. The average molecular weight is 512 g/mol. The number of anilines is 1. The molecule has 1 amide bonds. The third-order valence-corrected chi connectivity index (χ3v) is 5.52. The second kappa shape index (κ2) is 12.8. The number of pyridine rings is 1. The summed E-state index contributed by atoms with van der Waals surface area (Å²) in [5, 5.41) is 12.4. The third kappa shape index (κ3) is 6.59. The highest BCUT2D eigenvalue weighted by Gasteiger charge is 2.21. The number of aliphatic hydroxyl groups is 1. The fourth-order valence-corrected chi connectivity index (χ4v) is 3.76. The first-order chi connectivity index (χ1) is 17.8. The Morgan fingerprint density at radius 2 is 1.92 bits per heavy atom. The Balaban J connectivity index is 1.74. The number of aryl methyl sites for hydroxylation is 1. The highest BCUT2D eigenvalue weighted by molar-refractivity contribution is 6.07. The van der Waals surface area contributed by atoms with E-state index in [0.717, 1.165) is 0 Å². The summed E-state index contributed by atoms with van der Waals surface area (Å²) >= 11 is 0. The minimum absolute atomic E-state index is 0.00215. The normalized spacial score (nSPS) is 11.6. The summed E-state index contributed by atoms with van der Waals surface area (Å²) in [6.07, 6.45) is 0.461. The van der Waals surface area contributed by atoms with Gasteiger partial charge in [0.05, 0.1) is 48.6 Å². The summed E-state index contributed by atoms with van der Waals surface area (Å²) in [5.41, 5.74) is 8.27. The van der Waals surface area contributed by atoms with Crippen LogP contribution in [0.5, 0.6) is 17.2 Å². The fourth-order valence-electron chi connectivity index (χ4n) is 3.76. The molecule has 3 aromatic rings. The van der Waals surface area contributed by atoms with E-state index in [4.69, 9.17) is 29.8 Å². The van der Waals surface area contributed by atoms with E-state index in [1.54, 1.807) is 57.2 Å². The van der Waals surface area contributed by atoms with Crippen molar-refractivity contribution in [3.05, 3.63) is 53.2 Å². The number of methoxy groups -OCH3 is 1. The molecule has 0 bridgehead atoms. The number of nitrogens with zero attached hydrogens (tertiary/aromatic N) is 1. The van der Waals surface area contributed by atoms with Gasteiger partial charge in [-0.1, -0.05) is 6.07 Å². The van der Waals surface area contributed by atoms with Crippen LogP contribution in [0.15, 0.2) is 36.4 Å². The number of benzene rings is 2. The van der Waals surface area contributed by atoms with Gasteiger partial charge in [-0.3, -0.25) is 9.78 Å². The van der Waals surface area contributed by atoms with Gasteiger partial charge in [0.15, 0.2) is 11.5 Å². The molecule has 2 aromatic carbocycles. The third-order valence-electron chi connectivity index (χ3n) is 5.52.